The normalized spacial score (nSPS) is 18.8. The molecule has 1 aliphatic heterocycles. The highest BCUT2D eigenvalue weighted by molar-refractivity contribution is 5.91. The van der Waals surface area contributed by atoms with E-state index in [1.807, 2.05) is 6.92 Å². The minimum atomic E-state index is -0.0245. The fraction of sp³-hybridized carbons (Fsp3) is 0.533. The third-order valence-electron chi connectivity index (χ3n) is 3.50. The van der Waals surface area contributed by atoms with Gasteiger partial charge in [-0.1, -0.05) is 0 Å². The van der Waals surface area contributed by atoms with E-state index in [-0.39, 0.29) is 18.0 Å². The van der Waals surface area contributed by atoms with Crippen molar-refractivity contribution in [3.05, 3.63) is 24.0 Å². The summed E-state index contributed by atoms with van der Waals surface area (Å²) in [5, 5.41) is 0. The summed E-state index contributed by atoms with van der Waals surface area (Å²) in [6, 6.07) is 0. The Kier molecular flexibility index (Phi) is 5.68. The van der Waals surface area contributed by atoms with Crippen LogP contribution in [-0.2, 0) is 9.53 Å². The lowest BCUT2D eigenvalue weighted by Crippen LogP contribution is -2.38. The van der Waals surface area contributed by atoms with Crippen LogP contribution in [0.3, 0.4) is 0 Å². The van der Waals surface area contributed by atoms with Crippen molar-refractivity contribution in [1.29, 1.82) is 0 Å². The standard InChI is InChI=1S/C15H22N4O2/c1-2-19(11-13-5-3-4-8-21-13)14(20)7-6-12-9-17-15(16)18-10-12/h6-7,9-10,13H,2-5,8,11H2,1H3,(H2,16,17,18). The van der Waals surface area contributed by atoms with Gasteiger partial charge < -0.3 is 15.4 Å². The van der Waals surface area contributed by atoms with Gasteiger partial charge in [-0.2, -0.15) is 0 Å². The molecule has 0 spiro atoms. The van der Waals surface area contributed by atoms with Gasteiger partial charge in [-0.3, -0.25) is 4.79 Å². The number of hydrogen-bond donors (Lipinski definition) is 1. The third kappa shape index (κ3) is 4.82. The van der Waals surface area contributed by atoms with E-state index in [2.05, 4.69) is 9.97 Å². The zero-order chi connectivity index (χ0) is 15.1. The minimum absolute atomic E-state index is 0.0245. The van der Waals surface area contributed by atoms with Crippen LogP contribution in [0.15, 0.2) is 18.5 Å². The molecule has 1 aliphatic rings. The van der Waals surface area contributed by atoms with Gasteiger partial charge in [0.05, 0.1) is 6.10 Å². The van der Waals surface area contributed by atoms with E-state index in [1.54, 1.807) is 29.4 Å². The Balaban J connectivity index is 1.91. The molecule has 6 heteroatoms. The Morgan fingerprint density at radius 1 is 1.48 bits per heavy atom. The van der Waals surface area contributed by atoms with Gasteiger partial charge in [-0.05, 0) is 32.3 Å². The number of likely N-dealkylation sites (N-methyl/N-ethyl adjacent to an activating group) is 1. The van der Waals surface area contributed by atoms with Crippen LogP contribution in [0.1, 0.15) is 31.7 Å². The Morgan fingerprint density at radius 3 is 2.86 bits per heavy atom. The molecule has 2 rings (SSSR count). The molecular formula is C15H22N4O2. The zero-order valence-corrected chi connectivity index (χ0v) is 12.4. The molecule has 0 aromatic carbocycles. The lowest BCUT2D eigenvalue weighted by Gasteiger charge is -2.28. The molecule has 0 saturated carbocycles. The molecule has 1 aromatic heterocycles. The molecule has 21 heavy (non-hydrogen) atoms. The van der Waals surface area contributed by atoms with Crippen LogP contribution in [0.25, 0.3) is 6.08 Å². The SMILES string of the molecule is CCN(CC1CCCCO1)C(=O)C=Cc1cnc(N)nc1. The van der Waals surface area contributed by atoms with Crippen LogP contribution in [0.5, 0.6) is 0 Å². The van der Waals surface area contributed by atoms with Crippen molar-refractivity contribution in [3.63, 3.8) is 0 Å². The van der Waals surface area contributed by atoms with E-state index in [4.69, 9.17) is 10.5 Å². The van der Waals surface area contributed by atoms with Gasteiger partial charge in [0.25, 0.3) is 0 Å². The number of amides is 1. The quantitative estimate of drug-likeness (QED) is 0.831. The smallest absolute Gasteiger partial charge is 0.246 e. The average molecular weight is 290 g/mol. The van der Waals surface area contributed by atoms with Gasteiger partial charge in [-0.15, -0.1) is 0 Å². The fourth-order valence-electron chi connectivity index (χ4n) is 2.28. The maximum atomic E-state index is 12.2. The number of nitrogens with zero attached hydrogens (tertiary/aromatic N) is 3. The molecular weight excluding hydrogens is 268 g/mol. The molecule has 1 fully saturated rings. The number of carbonyl (C=O) groups excluding carboxylic acids is 1. The predicted octanol–water partition coefficient (Wildman–Crippen LogP) is 1.49. The van der Waals surface area contributed by atoms with E-state index >= 15 is 0 Å². The maximum absolute atomic E-state index is 12.2. The second-order valence-electron chi connectivity index (χ2n) is 5.07. The van der Waals surface area contributed by atoms with Crippen molar-refractivity contribution in [2.45, 2.75) is 32.3 Å². The molecule has 1 aromatic rings. The summed E-state index contributed by atoms with van der Waals surface area (Å²) >= 11 is 0. The first-order valence-corrected chi connectivity index (χ1v) is 7.35. The molecule has 114 valence electrons. The second-order valence-corrected chi connectivity index (χ2v) is 5.07. The molecule has 1 amide bonds. The van der Waals surface area contributed by atoms with Gasteiger partial charge in [0, 0.05) is 43.7 Å². The van der Waals surface area contributed by atoms with Crippen molar-refractivity contribution >= 4 is 17.9 Å². The van der Waals surface area contributed by atoms with E-state index < -0.39 is 0 Å². The number of ether oxygens (including phenoxy) is 1. The van der Waals surface area contributed by atoms with Crippen molar-refractivity contribution in [1.82, 2.24) is 14.9 Å². The Bertz CT molecular complexity index is 481. The number of nitrogens with two attached hydrogens (primary N) is 1. The zero-order valence-electron chi connectivity index (χ0n) is 12.4. The van der Waals surface area contributed by atoms with Crippen LogP contribution in [0.4, 0.5) is 5.95 Å². The summed E-state index contributed by atoms with van der Waals surface area (Å²) in [5.41, 5.74) is 6.17. The first-order valence-electron chi connectivity index (χ1n) is 7.35. The highest BCUT2D eigenvalue weighted by Crippen LogP contribution is 2.14. The highest BCUT2D eigenvalue weighted by atomic mass is 16.5. The van der Waals surface area contributed by atoms with Crippen molar-refractivity contribution < 1.29 is 9.53 Å². The van der Waals surface area contributed by atoms with Gasteiger partial charge in [-0.25, -0.2) is 9.97 Å². The second kappa shape index (κ2) is 7.73. The number of nitrogen functional groups attached to an aromatic ring is 1. The van der Waals surface area contributed by atoms with E-state index in [0.29, 0.717) is 13.1 Å². The molecule has 2 heterocycles. The summed E-state index contributed by atoms with van der Waals surface area (Å²) in [6.45, 7) is 4.09. The average Bonchev–Trinajstić information content (AvgIpc) is 2.52. The monoisotopic (exact) mass is 290 g/mol. The minimum Gasteiger partial charge on any atom is -0.376 e. The van der Waals surface area contributed by atoms with Crippen molar-refractivity contribution in [3.8, 4) is 0 Å². The van der Waals surface area contributed by atoms with Gasteiger partial charge in [0.2, 0.25) is 11.9 Å². The molecule has 1 unspecified atom stereocenters. The van der Waals surface area contributed by atoms with Crippen LogP contribution < -0.4 is 5.73 Å². The molecule has 2 N–H and O–H groups in total. The lowest BCUT2D eigenvalue weighted by atomic mass is 10.1. The number of rotatable bonds is 5. The van der Waals surface area contributed by atoms with Crippen LogP contribution >= 0.6 is 0 Å². The number of hydrogen-bond acceptors (Lipinski definition) is 5. The Labute approximate surface area is 125 Å². The molecule has 0 aliphatic carbocycles. The summed E-state index contributed by atoms with van der Waals surface area (Å²) in [4.78, 5) is 21.8. The number of carbonyl (C=O) groups is 1. The molecule has 6 nitrogen and oxygen atoms in total. The van der Waals surface area contributed by atoms with Gasteiger partial charge in [0.1, 0.15) is 0 Å². The van der Waals surface area contributed by atoms with Gasteiger partial charge >= 0.3 is 0 Å². The number of anilines is 1. The van der Waals surface area contributed by atoms with E-state index in [0.717, 1.165) is 25.0 Å². The topological polar surface area (TPSA) is 81.3 Å². The largest absolute Gasteiger partial charge is 0.376 e. The van der Waals surface area contributed by atoms with E-state index in [9.17, 15) is 4.79 Å². The maximum Gasteiger partial charge on any atom is 0.246 e. The predicted molar refractivity (Wildman–Crippen MR) is 81.3 cm³/mol. The summed E-state index contributed by atoms with van der Waals surface area (Å²) in [6.07, 6.45) is 9.91. The van der Waals surface area contributed by atoms with E-state index in [1.165, 1.54) is 6.42 Å². The van der Waals surface area contributed by atoms with Crippen LogP contribution in [-0.4, -0.2) is 46.6 Å². The Morgan fingerprint density at radius 2 is 2.24 bits per heavy atom. The molecule has 1 atom stereocenters. The first kappa shape index (κ1) is 15.4. The molecule has 0 radical (unpaired) electrons. The van der Waals surface area contributed by atoms with Gasteiger partial charge in [0.15, 0.2) is 0 Å². The first-order chi connectivity index (χ1) is 10.2. The van der Waals surface area contributed by atoms with Crippen LogP contribution in [0, 0.1) is 0 Å². The summed E-state index contributed by atoms with van der Waals surface area (Å²) in [5.74, 6) is 0.201. The summed E-state index contributed by atoms with van der Waals surface area (Å²) in [7, 11) is 0. The fourth-order valence-corrected chi connectivity index (χ4v) is 2.28. The third-order valence-corrected chi connectivity index (χ3v) is 3.50. The highest BCUT2D eigenvalue weighted by Gasteiger charge is 2.19. The molecule has 1 saturated heterocycles. The summed E-state index contributed by atoms with van der Waals surface area (Å²) < 4.78 is 5.68. The van der Waals surface area contributed by atoms with Crippen molar-refractivity contribution in [2.75, 3.05) is 25.4 Å². The van der Waals surface area contributed by atoms with Crippen molar-refractivity contribution in [2.24, 2.45) is 0 Å². The molecule has 0 bridgehead atoms. The van der Waals surface area contributed by atoms with Crippen LogP contribution in [0.2, 0.25) is 0 Å². The Hall–Kier alpha value is -1.95. The number of aromatic nitrogens is 2. The lowest BCUT2D eigenvalue weighted by molar-refractivity contribution is -0.128.